The van der Waals surface area contributed by atoms with Crippen LogP contribution in [0.5, 0.6) is 0 Å². The number of amides is 1. The molecule has 1 aromatic heterocycles. The van der Waals surface area contributed by atoms with Gasteiger partial charge in [0.2, 0.25) is 0 Å². The van der Waals surface area contributed by atoms with Crippen LogP contribution < -0.4 is 5.43 Å². The largest absolute Gasteiger partial charge is 0.284 e. The van der Waals surface area contributed by atoms with Crippen molar-refractivity contribution in [2.75, 3.05) is 7.05 Å². The van der Waals surface area contributed by atoms with Crippen LogP contribution in [0.1, 0.15) is 48.3 Å². The quantitative estimate of drug-likeness (QED) is 0.738. The van der Waals surface area contributed by atoms with Crippen molar-refractivity contribution in [2.45, 2.75) is 44.7 Å². The Morgan fingerprint density at radius 1 is 1.35 bits per heavy atom. The van der Waals surface area contributed by atoms with Gasteiger partial charge in [-0.3, -0.25) is 10.2 Å². The predicted molar refractivity (Wildman–Crippen MR) is 63.3 cm³/mol. The molecule has 1 aliphatic carbocycles. The number of rotatable bonds is 0. The summed E-state index contributed by atoms with van der Waals surface area (Å²) in [5, 5.41) is 6.50. The van der Waals surface area contributed by atoms with Crippen molar-refractivity contribution >= 4 is 5.91 Å². The topological polar surface area (TPSA) is 50.2 Å². The number of nitrogens with zero attached hydrogens (tertiary/aromatic N) is 3. The smallest absolute Gasteiger partial charge is 0.281 e. The van der Waals surface area contributed by atoms with Gasteiger partial charge in [0.15, 0.2) is 0 Å². The van der Waals surface area contributed by atoms with E-state index >= 15 is 0 Å². The molecule has 0 radical (unpaired) electrons. The zero-order chi connectivity index (χ0) is 12.0. The van der Waals surface area contributed by atoms with Crippen molar-refractivity contribution in [2.24, 2.45) is 0 Å². The van der Waals surface area contributed by atoms with Crippen LogP contribution in [0.3, 0.4) is 0 Å². The van der Waals surface area contributed by atoms with Crippen LogP contribution in [-0.4, -0.2) is 27.7 Å². The third kappa shape index (κ3) is 1.42. The summed E-state index contributed by atoms with van der Waals surface area (Å²) in [6.45, 7) is 1.94. The molecule has 2 heterocycles. The molecule has 3 rings (SSSR count). The molecule has 0 saturated heterocycles. The lowest BCUT2D eigenvalue weighted by atomic mass is 9.88. The average Bonchev–Trinajstić information content (AvgIpc) is 2.71. The SMILES string of the molecule is Cc1cc2n(n1)C1(CCCCC1)N(C)NC2=O. The third-order valence-electron chi connectivity index (χ3n) is 4.01. The number of aryl methyl sites for hydroxylation is 1. The first-order valence-electron chi connectivity index (χ1n) is 6.25. The zero-order valence-electron chi connectivity index (χ0n) is 10.4. The summed E-state index contributed by atoms with van der Waals surface area (Å²) >= 11 is 0. The maximum Gasteiger partial charge on any atom is 0.284 e. The van der Waals surface area contributed by atoms with Gasteiger partial charge in [-0.2, -0.15) is 10.1 Å². The van der Waals surface area contributed by atoms with Crippen molar-refractivity contribution in [3.8, 4) is 0 Å². The molecule has 0 aromatic carbocycles. The second-order valence-corrected chi connectivity index (χ2v) is 5.13. The number of carbonyl (C=O) groups excluding carboxylic acids is 1. The highest BCUT2D eigenvalue weighted by atomic mass is 16.2. The molecular weight excluding hydrogens is 216 g/mol. The molecule has 0 unspecified atom stereocenters. The highest BCUT2D eigenvalue weighted by Gasteiger charge is 2.45. The van der Waals surface area contributed by atoms with Crippen LogP contribution in [0.25, 0.3) is 0 Å². The Morgan fingerprint density at radius 2 is 2.06 bits per heavy atom. The number of hydrogen-bond acceptors (Lipinski definition) is 3. The van der Waals surface area contributed by atoms with E-state index in [1.54, 1.807) is 0 Å². The Morgan fingerprint density at radius 3 is 2.76 bits per heavy atom. The highest BCUT2D eigenvalue weighted by molar-refractivity contribution is 5.93. The van der Waals surface area contributed by atoms with Crippen LogP contribution in [0.15, 0.2) is 6.07 Å². The molecule has 1 saturated carbocycles. The fraction of sp³-hybridized carbons (Fsp3) is 0.667. The minimum Gasteiger partial charge on any atom is -0.281 e. The van der Waals surface area contributed by atoms with E-state index in [9.17, 15) is 4.79 Å². The van der Waals surface area contributed by atoms with Crippen LogP contribution in [0.4, 0.5) is 0 Å². The summed E-state index contributed by atoms with van der Waals surface area (Å²) in [6, 6.07) is 1.87. The third-order valence-corrected chi connectivity index (χ3v) is 4.01. The van der Waals surface area contributed by atoms with Gasteiger partial charge in [-0.05, 0) is 38.7 Å². The number of hydrogen-bond donors (Lipinski definition) is 1. The second-order valence-electron chi connectivity index (χ2n) is 5.13. The van der Waals surface area contributed by atoms with E-state index < -0.39 is 0 Å². The number of hydrazine groups is 1. The molecule has 1 fully saturated rings. The Labute approximate surface area is 101 Å². The van der Waals surface area contributed by atoms with Crippen molar-refractivity contribution < 1.29 is 4.79 Å². The van der Waals surface area contributed by atoms with E-state index in [4.69, 9.17) is 0 Å². The van der Waals surface area contributed by atoms with Gasteiger partial charge < -0.3 is 0 Å². The Hall–Kier alpha value is -1.36. The Balaban J connectivity index is 2.14. The fourth-order valence-corrected chi connectivity index (χ4v) is 3.10. The second kappa shape index (κ2) is 3.57. The van der Waals surface area contributed by atoms with Crippen molar-refractivity contribution in [3.05, 3.63) is 17.5 Å². The van der Waals surface area contributed by atoms with E-state index in [2.05, 4.69) is 10.5 Å². The van der Waals surface area contributed by atoms with Crippen LogP contribution in [0, 0.1) is 6.92 Å². The first kappa shape index (κ1) is 10.8. The molecule has 1 N–H and O–H groups in total. The highest BCUT2D eigenvalue weighted by Crippen LogP contribution is 2.38. The molecule has 1 aliphatic heterocycles. The van der Waals surface area contributed by atoms with Gasteiger partial charge in [0, 0.05) is 7.05 Å². The molecule has 1 spiro atoms. The molecule has 1 aromatic rings. The van der Waals surface area contributed by atoms with Gasteiger partial charge in [0.05, 0.1) is 5.69 Å². The van der Waals surface area contributed by atoms with Gasteiger partial charge in [-0.25, -0.2) is 4.68 Å². The molecule has 0 bridgehead atoms. The van der Waals surface area contributed by atoms with Gasteiger partial charge >= 0.3 is 0 Å². The van der Waals surface area contributed by atoms with E-state index in [1.807, 2.05) is 29.7 Å². The molecule has 5 nitrogen and oxygen atoms in total. The normalized spacial score (nSPS) is 23.5. The minimum atomic E-state index is -0.143. The maximum absolute atomic E-state index is 11.9. The summed E-state index contributed by atoms with van der Waals surface area (Å²) in [6.07, 6.45) is 5.77. The molecule has 0 atom stereocenters. The molecule has 5 heteroatoms. The number of nitrogens with one attached hydrogen (secondary N) is 1. The Kier molecular flexibility index (Phi) is 2.26. The number of carbonyl (C=O) groups is 1. The molecular formula is C12H18N4O. The monoisotopic (exact) mass is 234 g/mol. The van der Waals surface area contributed by atoms with Crippen molar-refractivity contribution in [3.63, 3.8) is 0 Å². The minimum absolute atomic E-state index is 0.0516. The summed E-state index contributed by atoms with van der Waals surface area (Å²) in [5.41, 5.74) is 4.41. The molecule has 92 valence electrons. The zero-order valence-corrected chi connectivity index (χ0v) is 10.4. The van der Waals surface area contributed by atoms with Crippen LogP contribution in [0.2, 0.25) is 0 Å². The standard InChI is InChI=1S/C12H18N4O/c1-9-8-10-11(17)14-15(2)12(16(10)13-9)6-4-3-5-7-12/h8H,3-7H2,1-2H3,(H,14,17). The van der Waals surface area contributed by atoms with Gasteiger partial charge in [0.1, 0.15) is 11.4 Å². The maximum atomic E-state index is 11.9. The Bertz CT molecular complexity index is 459. The molecule has 17 heavy (non-hydrogen) atoms. The molecule has 1 amide bonds. The van der Waals surface area contributed by atoms with Crippen LogP contribution in [-0.2, 0) is 5.66 Å². The average molecular weight is 234 g/mol. The lowest BCUT2D eigenvalue weighted by molar-refractivity contribution is -0.0526. The van der Waals surface area contributed by atoms with Crippen molar-refractivity contribution in [1.29, 1.82) is 0 Å². The summed E-state index contributed by atoms with van der Waals surface area (Å²) in [4.78, 5) is 11.9. The van der Waals surface area contributed by atoms with Gasteiger partial charge in [-0.15, -0.1) is 0 Å². The number of aromatic nitrogens is 2. The first-order chi connectivity index (χ1) is 8.13. The summed E-state index contributed by atoms with van der Waals surface area (Å²) in [7, 11) is 1.95. The van der Waals surface area contributed by atoms with E-state index in [1.165, 1.54) is 19.3 Å². The first-order valence-corrected chi connectivity index (χ1v) is 6.25. The summed E-state index contributed by atoms with van der Waals surface area (Å²) in [5.74, 6) is -0.0516. The molecule has 2 aliphatic rings. The van der Waals surface area contributed by atoms with E-state index in [0.29, 0.717) is 5.69 Å². The lowest BCUT2D eigenvalue weighted by Gasteiger charge is -2.47. The fourth-order valence-electron chi connectivity index (χ4n) is 3.10. The van der Waals surface area contributed by atoms with E-state index in [0.717, 1.165) is 18.5 Å². The van der Waals surface area contributed by atoms with Gasteiger partial charge in [-0.1, -0.05) is 6.42 Å². The summed E-state index contributed by atoms with van der Waals surface area (Å²) < 4.78 is 1.94. The van der Waals surface area contributed by atoms with E-state index in [-0.39, 0.29) is 11.6 Å². The van der Waals surface area contributed by atoms with Crippen LogP contribution >= 0.6 is 0 Å². The van der Waals surface area contributed by atoms with Crippen molar-refractivity contribution in [1.82, 2.24) is 20.2 Å². The van der Waals surface area contributed by atoms with Gasteiger partial charge in [0.25, 0.3) is 5.91 Å². The number of fused-ring (bicyclic) bond motifs is 2. The predicted octanol–water partition coefficient (Wildman–Crippen LogP) is 1.40. The lowest BCUT2D eigenvalue weighted by Crippen LogP contribution is -2.62.